The van der Waals surface area contributed by atoms with Crippen LogP contribution in [0.5, 0.6) is 0 Å². The Morgan fingerprint density at radius 1 is 0.861 bits per heavy atom. The van der Waals surface area contributed by atoms with Crippen molar-refractivity contribution in [2.75, 3.05) is 11.9 Å². The molecule has 3 aromatic carbocycles. The molecule has 0 aliphatic rings. The van der Waals surface area contributed by atoms with Crippen LogP contribution in [0.2, 0.25) is 0 Å². The van der Waals surface area contributed by atoms with Gasteiger partial charge in [0, 0.05) is 18.4 Å². The Labute approximate surface area is 213 Å². The minimum absolute atomic E-state index is 0.297. The molecule has 1 atom stereocenters. The van der Waals surface area contributed by atoms with Gasteiger partial charge in [-0.15, -0.1) is 0 Å². The molecule has 4 rings (SSSR count). The number of benzene rings is 3. The van der Waals surface area contributed by atoms with Crippen molar-refractivity contribution in [3.8, 4) is 11.3 Å². The second kappa shape index (κ2) is 12.6. The van der Waals surface area contributed by atoms with Crippen LogP contribution in [0.15, 0.2) is 91.1 Å². The maximum Gasteiger partial charge on any atom is 0.328 e. The van der Waals surface area contributed by atoms with Crippen LogP contribution in [0.25, 0.3) is 11.3 Å². The van der Waals surface area contributed by atoms with E-state index in [9.17, 15) is 4.79 Å². The van der Waals surface area contributed by atoms with E-state index in [1.807, 2.05) is 55.5 Å². The number of aromatic nitrogens is 2. The maximum atomic E-state index is 12.9. The zero-order chi connectivity index (χ0) is 25.2. The van der Waals surface area contributed by atoms with Crippen LogP contribution in [0.4, 0.5) is 5.82 Å². The summed E-state index contributed by atoms with van der Waals surface area (Å²) in [4.78, 5) is 22.6. The molecule has 0 saturated carbocycles. The molecule has 1 unspecified atom stereocenters. The lowest BCUT2D eigenvalue weighted by molar-refractivity contribution is -0.144. The van der Waals surface area contributed by atoms with Gasteiger partial charge in [0.2, 0.25) is 0 Å². The molecular weight excluding hydrogens is 446 g/mol. The van der Waals surface area contributed by atoms with Crippen molar-refractivity contribution in [1.82, 2.24) is 9.97 Å². The summed E-state index contributed by atoms with van der Waals surface area (Å²) in [6.07, 6.45) is 5.00. The van der Waals surface area contributed by atoms with Crippen molar-refractivity contribution < 1.29 is 9.53 Å². The third-order valence-electron chi connectivity index (χ3n) is 6.01. The number of carbonyl (C=O) groups is 1. The molecule has 0 fully saturated rings. The van der Waals surface area contributed by atoms with Crippen molar-refractivity contribution in [1.29, 1.82) is 0 Å². The van der Waals surface area contributed by atoms with Crippen molar-refractivity contribution in [2.45, 2.75) is 45.6 Å². The van der Waals surface area contributed by atoms with Gasteiger partial charge in [-0.3, -0.25) is 0 Å². The van der Waals surface area contributed by atoms with Crippen LogP contribution < -0.4 is 5.32 Å². The SMILES string of the molecule is CCCc1ccc(CC(Nc2ncc(-c3ccccc3)nc2Cc2ccccc2)C(=O)OCC)cc1. The molecule has 1 aromatic heterocycles. The number of esters is 1. The van der Waals surface area contributed by atoms with Crippen molar-refractivity contribution >= 4 is 11.8 Å². The zero-order valence-corrected chi connectivity index (χ0v) is 21.0. The van der Waals surface area contributed by atoms with Gasteiger partial charge in [0.05, 0.1) is 24.2 Å². The standard InChI is InChI=1S/C31H33N3O2/c1-3-11-23-16-18-25(19-17-23)21-28(31(35)36-4-2)34-30-27(20-24-12-7-5-8-13-24)33-29(22-32-30)26-14-9-6-10-15-26/h5-10,12-19,22,28H,3-4,11,20-21H2,1-2H3,(H,32,34). The first kappa shape index (κ1) is 25.1. The number of nitrogens with one attached hydrogen (secondary N) is 1. The van der Waals surface area contributed by atoms with Gasteiger partial charge in [0.15, 0.2) is 0 Å². The quantitative estimate of drug-likeness (QED) is 0.257. The van der Waals surface area contributed by atoms with E-state index in [4.69, 9.17) is 14.7 Å². The topological polar surface area (TPSA) is 64.1 Å². The van der Waals surface area contributed by atoms with E-state index in [1.165, 1.54) is 5.56 Å². The Balaban J connectivity index is 1.64. The third-order valence-corrected chi connectivity index (χ3v) is 6.01. The second-order valence-corrected chi connectivity index (χ2v) is 8.80. The number of anilines is 1. The molecule has 1 N–H and O–H groups in total. The highest BCUT2D eigenvalue weighted by Crippen LogP contribution is 2.23. The van der Waals surface area contributed by atoms with E-state index in [0.717, 1.165) is 40.9 Å². The van der Waals surface area contributed by atoms with Crippen LogP contribution in [0.1, 0.15) is 42.7 Å². The van der Waals surface area contributed by atoms with Gasteiger partial charge < -0.3 is 10.1 Å². The van der Waals surface area contributed by atoms with E-state index in [0.29, 0.717) is 25.3 Å². The number of rotatable bonds is 11. The Hall–Kier alpha value is -3.99. The van der Waals surface area contributed by atoms with Crippen LogP contribution in [-0.4, -0.2) is 28.6 Å². The van der Waals surface area contributed by atoms with E-state index in [1.54, 1.807) is 6.20 Å². The number of carbonyl (C=O) groups excluding carboxylic acids is 1. The van der Waals surface area contributed by atoms with E-state index in [2.05, 4.69) is 48.6 Å². The first-order valence-electron chi connectivity index (χ1n) is 12.6. The lowest BCUT2D eigenvalue weighted by atomic mass is 10.0. The van der Waals surface area contributed by atoms with Crippen LogP contribution in [-0.2, 0) is 28.8 Å². The van der Waals surface area contributed by atoms with Crippen molar-refractivity contribution in [3.63, 3.8) is 0 Å². The van der Waals surface area contributed by atoms with Gasteiger partial charge in [-0.1, -0.05) is 98.3 Å². The summed E-state index contributed by atoms with van der Waals surface area (Å²) >= 11 is 0. The van der Waals surface area contributed by atoms with Gasteiger partial charge in [0.25, 0.3) is 0 Å². The molecule has 5 nitrogen and oxygen atoms in total. The lowest BCUT2D eigenvalue weighted by Gasteiger charge is -2.20. The summed E-state index contributed by atoms with van der Waals surface area (Å²) in [5.74, 6) is 0.300. The summed E-state index contributed by atoms with van der Waals surface area (Å²) in [6, 6.07) is 28.0. The monoisotopic (exact) mass is 479 g/mol. The molecule has 0 spiro atoms. The smallest absolute Gasteiger partial charge is 0.328 e. The van der Waals surface area contributed by atoms with Crippen molar-refractivity contribution in [3.05, 3.63) is 114 Å². The summed E-state index contributed by atoms with van der Waals surface area (Å²) in [7, 11) is 0. The number of hydrogen-bond donors (Lipinski definition) is 1. The Morgan fingerprint density at radius 2 is 1.53 bits per heavy atom. The fraction of sp³-hybridized carbons (Fsp3) is 0.258. The molecule has 4 aromatic rings. The highest BCUT2D eigenvalue weighted by molar-refractivity contribution is 5.79. The Morgan fingerprint density at radius 3 is 2.19 bits per heavy atom. The van der Waals surface area contributed by atoms with E-state index in [-0.39, 0.29) is 5.97 Å². The molecule has 0 radical (unpaired) electrons. The Kier molecular flexibility index (Phi) is 8.82. The molecule has 36 heavy (non-hydrogen) atoms. The molecule has 0 aliphatic carbocycles. The predicted molar refractivity (Wildman–Crippen MR) is 145 cm³/mol. The molecule has 5 heteroatoms. The number of hydrogen-bond acceptors (Lipinski definition) is 5. The molecule has 1 heterocycles. The second-order valence-electron chi connectivity index (χ2n) is 8.80. The largest absolute Gasteiger partial charge is 0.464 e. The molecule has 184 valence electrons. The van der Waals surface area contributed by atoms with Crippen LogP contribution >= 0.6 is 0 Å². The number of aryl methyl sites for hydroxylation is 1. The average Bonchev–Trinajstić information content (AvgIpc) is 2.91. The normalized spacial score (nSPS) is 11.6. The summed E-state index contributed by atoms with van der Waals surface area (Å²) < 4.78 is 5.41. The van der Waals surface area contributed by atoms with Gasteiger partial charge in [0.1, 0.15) is 11.9 Å². The van der Waals surface area contributed by atoms with Crippen LogP contribution in [0, 0.1) is 0 Å². The first-order chi connectivity index (χ1) is 17.7. The number of ether oxygens (including phenoxy) is 1. The van der Waals surface area contributed by atoms with E-state index < -0.39 is 6.04 Å². The van der Waals surface area contributed by atoms with Crippen LogP contribution in [0.3, 0.4) is 0 Å². The third kappa shape index (κ3) is 6.79. The number of nitrogens with zero attached hydrogens (tertiary/aromatic N) is 2. The zero-order valence-electron chi connectivity index (χ0n) is 21.0. The van der Waals surface area contributed by atoms with Gasteiger partial charge in [-0.25, -0.2) is 14.8 Å². The average molecular weight is 480 g/mol. The molecule has 0 bridgehead atoms. The lowest BCUT2D eigenvalue weighted by Crippen LogP contribution is -2.34. The van der Waals surface area contributed by atoms with Gasteiger partial charge in [-0.05, 0) is 30.0 Å². The Bertz CT molecular complexity index is 1240. The van der Waals surface area contributed by atoms with Crippen molar-refractivity contribution in [2.24, 2.45) is 0 Å². The predicted octanol–water partition coefficient (Wildman–Crippen LogP) is 6.27. The maximum absolute atomic E-state index is 12.9. The fourth-order valence-electron chi connectivity index (χ4n) is 4.18. The van der Waals surface area contributed by atoms with Gasteiger partial charge in [-0.2, -0.15) is 0 Å². The molecule has 0 aliphatic heterocycles. The highest BCUT2D eigenvalue weighted by Gasteiger charge is 2.23. The summed E-state index contributed by atoms with van der Waals surface area (Å²) in [6.45, 7) is 4.32. The molecule has 0 amide bonds. The van der Waals surface area contributed by atoms with Gasteiger partial charge >= 0.3 is 5.97 Å². The summed E-state index contributed by atoms with van der Waals surface area (Å²) in [5.41, 5.74) is 6.08. The van der Waals surface area contributed by atoms with E-state index >= 15 is 0 Å². The minimum Gasteiger partial charge on any atom is -0.464 e. The minimum atomic E-state index is -0.576. The highest BCUT2D eigenvalue weighted by atomic mass is 16.5. The molecule has 0 saturated heterocycles. The summed E-state index contributed by atoms with van der Waals surface area (Å²) in [5, 5.41) is 3.37. The first-order valence-corrected chi connectivity index (χ1v) is 12.6. The molecular formula is C31H33N3O2. The fourth-order valence-corrected chi connectivity index (χ4v) is 4.18.